The Bertz CT molecular complexity index is 311. The van der Waals surface area contributed by atoms with Gasteiger partial charge in [0.2, 0.25) is 0 Å². The average Bonchev–Trinajstić information content (AvgIpc) is 2.64. The lowest BCUT2D eigenvalue weighted by Crippen LogP contribution is -2.23. The molecule has 0 saturated carbocycles. The van der Waals surface area contributed by atoms with Gasteiger partial charge >= 0.3 is 5.97 Å². The van der Waals surface area contributed by atoms with Crippen molar-refractivity contribution in [3.05, 3.63) is 6.33 Å². The van der Waals surface area contributed by atoms with Gasteiger partial charge in [-0.05, 0) is 26.7 Å². The van der Waals surface area contributed by atoms with E-state index in [1.165, 1.54) is 6.33 Å². The first-order valence-corrected chi connectivity index (χ1v) is 5.72. The molecule has 0 aliphatic carbocycles. The lowest BCUT2D eigenvalue weighted by Gasteiger charge is -2.18. The van der Waals surface area contributed by atoms with E-state index in [2.05, 4.69) is 15.2 Å². The Kier molecular flexibility index (Phi) is 4.14. The fourth-order valence-corrected chi connectivity index (χ4v) is 1.77. The number of aromatic amines is 1. The minimum absolute atomic E-state index is 0.637. The summed E-state index contributed by atoms with van der Waals surface area (Å²) < 4.78 is 0. The minimum atomic E-state index is -0.743. The van der Waals surface area contributed by atoms with Crippen LogP contribution in [0.15, 0.2) is 11.5 Å². The van der Waals surface area contributed by atoms with Gasteiger partial charge in [0, 0.05) is 5.75 Å². The van der Waals surface area contributed by atoms with E-state index in [9.17, 15) is 4.79 Å². The van der Waals surface area contributed by atoms with E-state index in [1.54, 1.807) is 25.6 Å². The highest BCUT2D eigenvalue weighted by Gasteiger charge is 2.26. The van der Waals surface area contributed by atoms with Gasteiger partial charge in [-0.1, -0.05) is 11.8 Å². The van der Waals surface area contributed by atoms with E-state index in [1.807, 2.05) is 0 Å². The quantitative estimate of drug-likeness (QED) is 0.574. The predicted octanol–water partition coefficient (Wildman–Crippen LogP) is 1.79. The molecule has 0 saturated heterocycles. The number of carboxylic acids is 1. The molecule has 0 spiro atoms. The van der Waals surface area contributed by atoms with E-state index in [4.69, 9.17) is 5.11 Å². The number of hydrogen-bond acceptors (Lipinski definition) is 4. The molecule has 0 aliphatic heterocycles. The summed E-state index contributed by atoms with van der Waals surface area (Å²) in [4.78, 5) is 14.8. The molecule has 0 unspecified atom stereocenters. The summed E-state index contributed by atoms with van der Waals surface area (Å²) in [5, 5.41) is 16.1. The largest absolute Gasteiger partial charge is 0.481 e. The molecule has 6 heteroatoms. The first-order chi connectivity index (χ1) is 7.02. The summed E-state index contributed by atoms with van der Waals surface area (Å²) in [5.41, 5.74) is -0.637. The highest BCUT2D eigenvalue weighted by molar-refractivity contribution is 7.99. The molecule has 0 bridgehead atoms. The normalized spacial score (nSPS) is 11.6. The maximum absolute atomic E-state index is 10.8. The fraction of sp³-hybridized carbons (Fsp3) is 0.667. The van der Waals surface area contributed by atoms with Crippen molar-refractivity contribution in [3.63, 3.8) is 0 Å². The lowest BCUT2D eigenvalue weighted by atomic mass is 9.88. The van der Waals surface area contributed by atoms with Crippen LogP contribution in [0.3, 0.4) is 0 Å². The highest BCUT2D eigenvalue weighted by atomic mass is 32.2. The number of aromatic nitrogens is 3. The number of nitrogens with zero attached hydrogens (tertiary/aromatic N) is 2. The third-order valence-electron chi connectivity index (χ3n) is 2.16. The van der Waals surface area contributed by atoms with Crippen molar-refractivity contribution in [1.29, 1.82) is 0 Å². The van der Waals surface area contributed by atoms with Crippen molar-refractivity contribution >= 4 is 17.7 Å². The molecular weight excluding hydrogens is 214 g/mol. The van der Waals surface area contributed by atoms with Crippen molar-refractivity contribution in [3.8, 4) is 0 Å². The number of H-pyrrole nitrogens is 1. The predicted molar refractivity (Wildman–Crippen MR) is 57.8 cm³/mol. The summed E-state index contributed by atoms with van der Waals surface area (Å²) >= 11 is 1.56. The van der Waals surface area contributed by atoms with Crippen LogP contribution in [0.2, 0.25) is 0 Å². The number of rotatable bonds is 6. The van der Waals surface area contributed by atoms with Gasteiger partial charge < -0.3 is 5.11 Å². The number of hydrogen-bond donors (Lipinski definition) is 2. The van der Waals surface area contributed by atoms with Gasteiger partial charge in [-0.2, -0.15) is 5.10 Å². The van der Waals surface area contributed by atoms with Crippen molar-refractivity contribution < 1.29 is 9.90 Å². The van der Waals surface area contributed by atoms with Crippen LogP contribution in [-0.2, 0) is 4.79 Å². The third kappa shape index (κ3) is 3.91. The van der Waals surface area contributed by atoms with Crippen LogP contribution in [0.25, 0.3) is 0 Å². The van der Waals surface area contributed by atoms with E-state index in [0.717, 1.165) is 17.3 Å². The Labute approximate surface area is 92.7 Å². The second kappa shape index (κ2) is 5.16. The maximum Gasteiger partial charge on any atom is 0.309 e. The molecule has 1 aromatic heterocycles. The molecule has 5 nitrogen and oxygen atoms in total. The molecule has 0 fully saturated rings. The number of thioether (sulfide) groups is 1. The second-order valence-electron chi connectivity index (χ2n) is 3.93. The Balaban J connectivity index is 2.19. The summed E-state index contributed by atoms with van der Waals surface area (Å²) in [6.07, 6.45) is 2.98. The van der Waals surface area contributed by atoms with Crippen LogP contribution in [0.5, 0.6) is 0 Å². The van der Waals surface area contributed by atoms with Crippen LogP contribution in [0.4, 0.5) is 0 Å². The standard InChI is InChI=1S/C9H15N3O2S/c1-9(2,7(13)14)4-3-5-15-8-10-6-11-12-8/h6H,3-5H2,1-2H3,(H,13,14)(H,10,11,12). The number of aliphatic carboxylic acids is 1. The van der Waals surface area contributed by atoms with Gasteiger partial charge in [0.1, 0.15) is 6.33 Å². The third-order valence-corrected chi connectivity index (χ3v) is 3.12. The van der Waals surface area contributed by atoms with Gasteiger partial charge in [-0.15, -0.1) is 0 Å². The second-order valence-corrected chi connectivity index (χ2v) is 5.02. The van der Waals surface area contributed by atoms with Crippen LogP contribution >= 0.6 is 11.8 Å². The van der Waals surface area contributed by atoms with E-state index < -0.39 is 11.4 Å². The zero-order valence-electron chi connectivity index (χ0n) is 8.86. The van der Waals surface area contributed by atoms with Crippen LogP contribution < -0.4 is 0 Å². The molecule has 0 aromatic carbocycles. The van der Waals surface area contributed by atoms with Crippen molar-refractivity contribution in [2.45, 2.75) is 31.8 Å². The lowest BCUT2D eigenvalue weighted by molar-refractivity contribution is -0.147. The van der Waals surface area contributed by atoms with E-state index in [-0.39, 0.29) is 0 Å². The first kappa shape index (κ1) is 12.0. The average molecular weight is 229 g/mol. The molecule has 15 heavy (non-hydrogen) atoms. The first-order valence-electron chi connectivity index (χ1n) is 4.74. The Morgan fingerprint density at radius 2 is 2.40 bits per heavy atom. The zero-order valence-corrected chi connectivity index (χ0v) is 9.67. The fourth-order valence-electron chi connectivity index (χ4n) is 1.05. The maximum atomic E-state index is 10.8. The summed E-state index contributed by atoms with van der Waals surface area (Å²) in [7, 11) is 0. The monoisotopic (exact) mass is 229 g/mol. The topological polar surface area (TPSA) is 78.9 Å². The Morgan fingerprint density at radius 1 is 1.67 bits per heavy atom. The number of carbonyl (C=O) groups is 1. The molecule has 1 aromatic rings. The van der Waals surface area contributed by atoms with Gasteiger partial charge in [-0.3, -0.25) is 9.89 Å². The summed E-state index contributed by atoms with van der Waals surface area (Å²) in [6, 6.07) is 0. The van der Waals surface area contributed by atoms with Gasteiger partial charge in [-0.25, -0.2) is 4.98 Å². The Morgan fingerprint density at radius 3 is 2.93 bits per heavy atom. The highest BCUT2D eigenvalue weighted by Crippen LogP contribution is 2.24. The van der Waals surface area contributed by atoms with Gasteiger partial charge in [0.25, 0.3) is 0 Å². The van der Waals surface area contributed by atoms with Crippen LogP contribution in [0, 0.1) is 5.41 Å². The summed E-state index contributed by atoms with van der Waals surface area (Å²) in [6.45, 7) is 3.49. The van der Waals surface area contributed by atoms with Gasteiger partial charge in [0.15, 0.2) is 5.16 Å². The zero-order chi connectivity index (χ0) is 11.3. The number of carboxylic acid groups (broad SMARTS) is 1. The van der Waals surface area contributed by atoms with E-state index in [0.29, 0.717) is 6.42 Å². The molecule has 0 aliphatic rings. The van der Waals surface area contributed by atoms with E-state index >= 15 is 0 Å². The van der Waals surface area contributed by atoms with Crippen molar-refractivity contribution in [1.82, 2.24) is 15.2 Å². The number of nitrogens with one attached hydrogen (secondary N) is 1. The molecule has 0 amide bonds. The van der Waals surface area contributed by atoms with Crippen LogP contribution in [0.1, 0.15) is 26.7 Å². The summed E-state index contributed by atoms with van der Waals surface area (Å²) in [5.74, 6) is 0.110. The molecule has 1 heterocycles. The molecular formula is C9H15N3O2S. The molecule has 1 rings (SSSR count). The van der Waals surface area contributed by atoms with Crippen molar-refractivity contribution in [2.24, 2.45) is 5.41 Å². The smallest absolute Gasteiger partial charge is 0.309 e. The van der Waals surface area contributed by atoms with Crippen LogP contribution in [-0.4, -0.2) is 32.0 Å². The van der Waals surface area contributed by atoms with Gasteiger partial charge in [0.05, 0.1) is 5.41 Å². The Hall–Kier alpha value is -1.04. The van der Waals surface area contributed by atoms with Crippen molar-refractivity contribution in [2.75, 3.05) is 5.75 Å². The molecule has 2 N–H and O–H groups in total. The molecule has 0 atom stereocenters. The SMILES string of the molecule is CC(C)(CCCSc1ncn[nH]1)C(=O)O. The molecule has 84 valence electrons. The minimum Gasteiger partial charge on any atom is -0.481 e. The molecule has 0 radical (unpaired) electrons.